The van der Waals surface area contributed by atoms with E-state index in [2.05, 4.69) is 31.0 Å². The van der Waals surface area contributed by atoms with Crippen molar-refractivity contribution in [3.63, 3.8) is 0 Å². The van der Waals surface area contributed by atoms with E-state index in [1.54, 1.807) is 0 Å². The minimum atomic E-state index is 0.419. The number of hydrogen-bond donors (Lipinski definition) is 1. The summed E-state index contributed by atoms with van der Waals surface area (Å²) in [5.74, 6) is 0. The number of likely N-dealkylation sites (tertiary alicyclic amines) is 1. The summed E-state index contributed by atoms with van der Waals surface area (Å²) in [5, 5.41) is 3.40. The fraction of sp³-hybridized carbons (Fsp3) is 1.00. The highest BCUT2D eigenvalue weighted by atomic mass is 16.5. The van der Waals surface area contributed by atoms with Crippen molar-refractivity contribution in [3.8, 4) is 0 Å². The molecule has 2 saturated heterocycles. The molecular weight excluding hydrogens is 224 g/mol. The smallest absolute Gasteiger partial charge is 0.0603 e. The van der Waals surface area contributed by atoms with E-state index >= 15 is 0 Å². The highest BCUT2D eigenvalue weighted by Gasteiger charge is 2.25. The Bertz CT molecular complexity index is 235. The molecule has 106 valence electrons. The summed E-state index contributed by atoms with van der Waals surface area (Å²) in [4.78, 5) is 2.60. The van der Waals surface area contributed by atoms with Gasteiger partial charge in [0, 0.05) is 19.6 Å². The number of hydrogen-bond acceptors (Lipinski definition) is 3. The Kier molecular flexibility index (Phi) is 5.05. The van der Waals surface area contributed by atoms with Gasteiger partial charge in [-0.15, -0.1) is 0 Å². The highest BCUT2D eigenvalue weighted by Crippen LogP contribution is 2.22. The van der Waals surface area contributed by atoms with Gasteiger partial charge in [-0.1, -0.05) is 20.8 Å². The minimum absolute atomic E-state index is 0.419. The van der Waals surface area contributed by atoms with Gasteiger partial charge < -0.3 is 15.0 Å². The van der Waals surface area contributed by atoms with Crippen molar-refractivity contribution < 1.29 is 4.74 Å². The molecule has 0 aromatic heterocycles. The van der Waals surface area contributed by atoms with E-state index in [0.29, 0.717) is 17.6 Å². The van der Waals surface area contributed by atoms with Crippen LogP contribution in [0.15, 0.2) is 0 Å². The van der Waals surface area contributed by atoms with Crippen LogP contribution < -0.4 is 5.32 Å². The van der Waals surface area contributed by atoms with E-state index in [9.17, 15) is 0 Å². The van der Waals surface area contributed by atoms with Gasteiger partial charge in [0.15, 0.2) is 0 Å². The molecule has 0 amide bonds. The van der Waals surface area contributed by atoms with E-state index in [-0.39, 0.29) is 0 Å². The maximum Gasteiger partial charge on any atom is 0.0603 e. The van der Waals surface area contributed by atoms with Gasteiger partial charge in [-0.2, -0.15) is 0 Å². The van der Waals surface area contributed by atoms with Crippen molar-refractivity contribution in [1.82, 2.24) is 10.2 Å². The molecule has 3 heteroatoms. The Morgan fingerprint density at radius 2 is 1.56 bits per heavy atom. The third-order valence-corrected chi connectivity index (χ3v) is 3.90. The van der Waals surface area contributed by atoms with Gasteiger partial charge in [0.25, 0.3) is 0 Å². The van der Waals surface area contributed by atoms with E-state index < -0.39 is 0 Å². The molecule has 0 saturated carbocycles. The summed E-state index contributed by atoms with van der Waals surface area (Å²) in [5.41, 5.74) is 0.419. The predicted octanol–water partition coefficient (Wildman–Crippen LogP) is 2.27. The zero-order valence-corrected chi connectivity index (χ0v) is 12.4. The molecule has 0 aliphatic carbocycles. The first kappa shape index (κ1) is 14.3. The Balaban J connectivity index is 1.66. The Hall–Kier alpha value is -0.120. The second-order valence-electron chi connectivity index (χ2n) is 7.12. The molecule has 2 aliphatic heterocycles. The molecule has 2 aliphatic rings. The van der Waals surface area contributed by atoms with E-state index in [0.717, 1.165) is 13.1 Å². The van der Waals surface area contributed by atoms with Crippen LogP contribution in [0.25, 0.3) is 0 Å². The van der Waals surface area contributed by atoms with Gasteiger partial charge in [-0.25, -0.2) is 0 Å². The lowest BCUT2D eigenvalue weighted by molar-refractivity contribution is -0.0556. The minimum Gasteiger partial charge on any atom is -0.375 e. The van der Waals surface area contributed by atoms with E-state index in [4.69, 9.17) is 4.74 Å². The summed E-state index contributed by atoms with van der Waals surface area (Å²) in [6.07, 6.45) is 5.87. The van der Waals surface area contributed by atoms with Crippen molar-refractivity contribution in [2.24, 2.45) is 5.41 Å². The lowest BCUT2D eigenvalue weighted by atomic mass is 9.94. The molecular formula is C15H30N2O. The molecule has 0 spiro atoms. The number of nitrogens with zero attached hydrogens (tertiary/aromatic N) is 1. The van der Waals surface area contributed by atoms with Crippen molar-refractivity contribution in [3.05, 3.63) is 0 Å². The number of rotatable bonds is 3. The van der Waals surface area contributed by atoms with E-state index in [1.165, 1.54) is 45.3 Å². The third-order valence-electron chi connectivity index (χ3n) is 3.90. The van der Waals surface area contributed by atoms with Crippen LogP contribution >= 0.6 is 0 Å². The molecule has 0 radical (unpaired) electrons. The molecule has 0 aromatic rings. The van der Waals surface area contributed by atoms with Gasteiger partial charge in [0.2, 0.25) is 0 Å². The average Bonchev–Trinajstić information content (AvgIpc) is 2.31. The average molecular weight is 254 g/mol. The van der Waals surface area contributed by atoms with Crippen molar-refractivity contribution >= 4 is 0 Å². The van der Waals surface area contributed by atoms with Crippen LogP contribution in [-0.2, 0) is 4.74 Å². The van der Waals surface area contributed by atoms with Crippen LogP contribution in [0.3, 0.4) is 0 Å². The standard InChI is InChI=1S/C15H30N2O/c1-15(2,3)12-17-10-6-14(7-11-17)18-13-4-8-16-9-5-13/h13-14,16H,4-12H2,1-3H3. The highest BCUT2D eigenvalue weighted by molar-refractivity contribution is 4.78. The first-order chi connectivity index (χ1) is 8.53. The summed E-state index contributed by atoms with van der Waals surface area (Å²) in [6, 6.07) is 0. The molecule has 2 heterocycles. The second kappa shape index (κ2) is 6.36. The van der Waals surface area contributed by atoms with Crippen molar-refractivity contribution in [2.45, 2.75) is 58.7 Å². The van der Waals surface area contributed by atoms with Gasteiger partial charge in [-0.3, -0.25) is 0 Å². The fourth-order valence-corrected chi connectivity index (χ4v) is 3.08. The lowest BCUT2D eigenvalue weighted by Gasteiger charge is -2.37. The molecule has 2 rings (SSSR count). The first-order valence-corrected chi connectivity index (χ1v) is 7.61. The third kappa shape index (κ3) is 4.87. The zero-order chi connectivity index (χ0) is 13.0. The molecule has 1 N–H and O–H groups in total. The topological polar surface area (TPSA) is 24.5 Å². The molecule has 0 atom stereocenters. The molecule has 2 fully saturated rings. The summed E-state index contributed by atoms with van der Waals surface area (Å²) >= 11 is 0. The summed E-state index contributed by atoms with van der Waals surface area (Å²) in [7, 11) is 0. The Labute approximate surface area is 112 Å². The number of piperidine rings is 2. The number of ether oxygens (including phenoxy) is 1. The fourth-order valence-electron chi connectivity index (χ4n) is 3.08. The SMILES string of the molecule is CC(C)(C)CN1CCC(OC2CCNCC2)CC1. The quantitative estimate of drug-likeness (QED) is 0.836. The van der Waals surface area contributed by atoms with Gasteiger partial charge in [0.05, 0.1) is 12.2 Å². The summed E-state index contributed by atoms with van der Waals surface area (Å²) < 4.78 is 6.24. The van der Waals surface area contributed by atoms with E-state index in [1.807, 2.05) is 0 Å². The number of nitrogens with one attached hydrogen (secondary N) is 1. The monoisotopic (exact) mass is 254 g/mol. The molecule has 0 aromatic carbocycles. The molecule has 18 heavy (non-hydrogen) atoms. The van der Waals surface area contributed by atoms with Gasteiger partial charge in [-0.05, 0) is 44.2 Å². The van der Waals surface area contributed by atoms with Gasteiger partial charge in [0.1, 0.15) is 0 Å². The normalized spacial score (nSPS) is 25.5. The van der Waals surface area contributed by atoms with Crippen LogP contribution in [0.2, 0.25) is 0 Å². The van der Waals surface area contributed by atoms with Crippen LogP contribution in [0.5, 0.6) is 0 Å². The van der Waals surface area contributed by atoms with Crippen molar-refractivity contribution in [1.29, 1.82) is 0 Å². The van der Waals surface area contributed by atoms with Gasteiger partial charge >= 0.3 is 0 Å². The first-order valence-electron chi connectivity index (χ1n) is 7.61. The van der Waals surface area contributed by atoms with Crippen LogP contribution in [0, 0.1) is 5.41 Å². The summed E-state index contributed by atoms with van der Waals surface area (Å²) in [6.45, 7) is 12.9. The Morgan fingerprint density at radius 3 is 2.11 bits per heavy atom. The van der Waals surface area contributed by atoms with Crippen LogP contribution in [0.1, 0.15) is 46.5 Å². The molecule has 3 nitrogen and oxygen atoms in total. The van der Waals surface area contributed by atoms with Crippen molar-refractivity contribution in [2.75, 3.05) is 32.7 Å². The zero-order valence-electron chi connectivity index (χ0n) is 12.4. The maximum absolute atomic E-state index is 6.24. The second-order valence-corrected chi connectivity index (χ2v) is 7.12. The molecule has 0 bridgehead atoms. The lowest BCUT2D eigenvalue weighted by Crippen LogP contribution is -2.43. The Morgan fingerprint density at radius 1 is 1.00 bits per heavy atom. The maximum atomic E-state index is 6.24. The molecule has 0 unspecified atom stereocenters. The van der Waals surface area contributed by atoms with Crippen LogP contribution in [0.4, 0.5) is 0 Å². The van der Waals surface area contributed by atoms with Crippen LogP contribution in [-0.4, -0.2) is 49.8 Å². The largest absolute Gasteiger partial charge is 0.375 e. The predicted molar refractivity (Wildman–Crippen MR) is 75.9 cm³/mol.